The Hall–Kier alpha value is -2.98. The van der Waals surface area contributed by atoms with Gasteiger partial charge in [-0.3, -0.25) is 4.90 Å². The van der Waals surface area contributed by atoms with Crippen LogP contribution in [-0.2, 0) is 20.9 Å². The van der Waals surface area contributed by atoms with E-state index < -0.39 is 24.3 Å². The number of halogens is 6. The smallest absolute Gasteiger partial charge is 0.475 e. The van der Waals surface area contributed by atoms with Crippen LogP contribution in [0.2, 0.25) is 0 Å². The number of likely N-dealkylation sites (tertiary alicyclic amines) is 1. The van der Waals surface area contributed by atoms with Gasteiger partial charge < -0.3 is 19.8 Å². The van der Waals surface area contributed by atoms with Crippen LogP contribution in [-0.4, -0.2) is 87.8 Å². The van der Waals surface area contributed by atoms with Gasteiger partial charge in [-0.25, -0.2) is 19.6 Å². The van der Waals surface area contributed by atoms with Gasteiger partial charge in [0.2, 0.25) is 5.95 Å². The van der Waals surface area contributed by atoms with E-state index in [-0.39, 0.29) is 6.10 Å². The quantitative estimate of drug-likeness (QED) is 0.578. The summed E-state index contributed by atoms with van der Waals surface area (Å²) in [5.41, 5.74) is 0. The zero-order valence-electron chi connectivity index (χ0n) is 17.7. The number of anilines is 1. The summed E-state index contributed by atoms with van der Waals surface area (Å²) in [7, 11) is 0. The standard InChI is InChI=1S/C15H18N4OS.2C2HF3O2/c1-3-12(21-8-1)9-18-10-13-14(11-18)20-7-6-19(13)15-16-4-2-5-17-15;2*3-2(4,5)1(6)7/h1-5,8,13-14H,6-7,9-11H2;2*(H,6,7)/t13-,14+;;/m1../s1. The van der Waals surface area contributed by atoms with Gasteiger partial charge in [-0.05, 0) is 17.5 Å². The minimum Gasteiger partial charge on any atom is -0.475 e. The third-order valence-electron chi connectivity index (χ3n) is 4.63. The van der Waals surface area contributed by atoms with Crippen LogP contribution in [0, 0.1) is 0 Å². The predicted molar refractivity (Wildman–Crippen MR) is 110 cm³/mol. The first-order chi connectivity index (χ1) is 16.3. The zero-order valence-corrected chi connectivity index (χ0v) is 18.6. The zero-order chi connectivity index (χ0) is 26.2. The highest BCUT2D eigenvalue weighted by atomic mass is 32.1. The molecule has 2 fully saturated rings. The van der Waals surface area contributed by atoms with Crippen LogP contribution >= 0.6 is 11.3 Å². The first-order valence-corrected chi connectivity index (χ1v) is 10.7. The summed E-state index contributed by atoms with van der Waals surface area (Å²) in [5.74, 6) is -4.69. The number of carboxylic acids is 2. The number of rotatable bonds is 3. The molecule has 2 saturated heterocycles. The van der Waals surface area contributed by atoms with Crippen LogP contribution in [0.3, 0.4) is 0 Å². The van der Waals surface area contributed by atoms with Gasteiger partial charge in [-0.1, -0.05) is 6.07 Å². The number of thiophene rings is 1. The molecule has 2 aliphatic heterocycles. The molecule has 4 rings (SSSR count). The van der Waals surface area contributed by atoms with Crippen molar-refractivity contribution in [3.8, 4) is 0 Å². The molecule has 35 heavy (non-hydrogen) atoms. The largest absolute Gasteiger partial charge is 0.490 e. The van der Waals surface area contributed by atoms with Crippen LogP contribution in [0.15, 0.2) is 36.0 Å². The summed E-state index contributed by atoms with van der Waals surface area (Å²) in [4.78, 5) is 32.8. The average Bonchev–Trinajstić information content (AvgIpc) is 3.43. The van der Waals surface area contributed by atoms with Crippen molar-refractivity contribution in [1.29, 1.82) is 0 Å². The van der Waals surface area contributed by atoms with Crippen LogP contribution in [0.5, 0.6) is 0 Å². The molecule has 2 aliphatic rings. The third kappa shape index (κ3) is 8.95. The molecular weight excluding hydrogens is 510 g/mol. The molecule has 0 spiro atoms. The van der Waals surface area contributed by atoms with E-state index in [1.807, 2.05) is 29.8 Å². The molecule has 0 radical (unpaired) electrons. The van der Waals surface area contributed by atoms with E-state index in [9.17, 15) is 26.3 Å². The molecule has 2 aromatic heterocycles. The van der Waals surface area contributed by atoms with Crippen molar-refractivity contribution < 1.29 is 50.9 Å². The normalized spacial score (nSPS) is 20.1. The highest BCUT2D eigenvalue weighted by Gasteiger charge is 2.41. The molecule has 4 heterocycles. The van der Waals surface area contributed by atoms with Crippen molar-refractivity contribution in [2.24, 2.45) is 0 Å². The fraction of sp³-hybridized carbons (Fsp3) is 0.474. The second kappa shape index (κ2) is 12.1. The minimum atomic E-state index is -5.08. The highest BCUT2D eigenvalue weighted by Crippen LogP contribution is 2.27. The molecule has 0 unspecified atom stereocenters. The lowest BCUT2D eigenvalue weighted by Crippen LogP contribution is -2.51. The molecule has 9 nitrogen and oxygen atoms in total. The van der Waals surface area contributed by atoms with Crippen LogP contribution in [0.4, 0.5) is 32.3 Å². The van der Waals surface area contributed by atoms with E-state index in [4.69, 9.17) is 24.5 Å². The summed E-state index contributed by atoms with van der Waals surface area (Å²) < 4.78 is 69.4. The van der Waals surface area contributed by atoms with Gasteiger partial charge in [0.15, 0.2) is 0 Å². The fourth-order valence-corrected chi connectivity index (χ4v) is 3.95. The lowest BCUT2D eigenvalue weighted by atomic mass is 10.1. The van der Waals surface area contributed by atoms with Crippen molar-refractivity contribution in [3.05, 3.63) is 40.8 Å². The van der Waals surface area contributed by atoms with E-state index in [1.165, 1.54) is 4.88 Å². The second-order valence-electron chi connectivity index (χ2n) is 7.10. The SMILES string of the molecule is O=C(O)C(F)(F)F.O=C(O)C(F)(F)F.c1cnc(N2CCO[C@H]3CN(Cc4cccs4)C[C@H]32)nc1. The Balaban J connectivity index is 0.000000257. The van der Waals surface area contributed by atoms with Crippen LogP contribution in [0.1, 0.15) is 4.88 Å². The molecule has 0 amide bonds. The Morgan fingerprint density at radius 2 is 1.60 bits per heavy atom. The molecule has 16 heteroatoms. The summed E-state index contributed by atoms with van der Waals surface area (Å²) in [5, 5.41) is 16.4. The lowest BCUT2D eigenvalue weighted by Gasteiger charge is -2.36. The predicted octanol–water partition coefficient (Wildman–Crippen LogP) is 2.89. The number of fused-ring (bicyclic) bond motifs is 1. The number of hydrogen-bond acceptors (Lipinski definition) is 8. The Kier molecular flexibility index (Phi) is 9.79. The average molecular weight is 530 g/mol. The van der Waals surface area contributed by atoms with Gasteiger partial charge in [0, 0.05) is 43.4 Å². The van der Waals surface area contributed by atoms with Crippen LogP contribution < -0.4 is 4.90 Å². The highest BCUT2D eigenvalue weighted by molar-refractivity contribution is 7.09. The first-order valence-electron chi connectivity index (χ1n) is 9.79. The van der Waals surface area contributed by atoms with Gasteiger partial charge in [-0.15, -0.1) is 11.3 Å². The van der Waals surface area contributed by atoms with Crippen LogP contribution in [0.25, 0.3) is 0 Å². The number of alkyl halides is 6. The fourth-order valence-electron chi connectivity index (χ4n) is 3.20. The number of ether oxygens (including phenoxy) is 1. The number of aliphatic carboxylic acids is 2. The maximum absolute atomic E-state index is 10.6. The third-order valence-corrected chi connectivity index (χ3v) is 5.49. The molecule has 0 aromatic carbocycles. The van der Waals surface area contributed by atoms with Gasteiger partial charge in [0.1, 0.15) is 0 Å². The number of carbonyl (C=O) groups is 2. The summed E-state index contributed by atoms with van der Waals surface area (Å²) in [6, 6.07) is 6.54. The molecule has 2 atom stereocenters. The van der Waals surface area contributed by atoms with Crippen molar-refractivity contribution in [2.45, 2.75) is 31.0 Å². The molecule has 194 valence electrons. The monoisotopic (exact) mass is 530 g/mol. The van der Waals surface area contributed by atoms with E-state index >= 15 is 0 Å². The molecule has 0 saturated carbocycles. The lowest BCUT2D eigenvalue weighted by molar-refractivity contribution is -0.193. The maximum atomic E-state index is 10.6. The number of carboxylic acid groups (broad SMARTS) is 2. The van der Waals surface area contributed by atoms with Crippen molar-refractivity contribution in [1.82, 2.24) is 14.9 Å². The molecule has 0 aliphatic carbocycles. The van der Waals surface area contributed by atoms with Gasteiger partial charge in [0.05, 0.1) is 18.8 Å². The Labute approximate surface area is 198 Å². The molecule has 2 aromatic rings. The van der Waals surface area contributed by atoms with E-state index in [1.54, 1.807) is 0 Å². The van der Waals surface area contributed by atoms with Gasteiger partial charge in [0.25, 0.3) is 0 Å². The Morgan fingerprint density at radius 3 is 2.09 bits per heavy atom. The minimum absolute atomic E-state index is 0.266. The Bertz CT molecular complexity index is 921. The number of hydrogen-bond donors (Lipinski definition) is 2. The van der Waals surface area contributed by atoms with E-state index in [0.29, 0.717) is 6.04 Å². The molecular formula is C19H20F6N4O5S. The maximum Gasteiger partial charge on any atom is 0.490 e. The summed E-state index contributed by atoms with van der Waals surface area (Å²) in [6.45, 7) is 4.65. The number of aromatic nitrogens is 2. The molecule has 2 N–H and O–H groups in total. The first kappa shape index (κ1) is 28.3. The number of nitrogens with zero attached hydrogens (tertiary/aromatic N) is 4. The summed E-state index contributed by atoms with van der Waals surface area (Å²) in [6.07, 6.45) is -6.28. The summed E-state index contributed by atoms with van der Waals surface area (Å²) >= 11 is 1.82. The van der Waals surface area contributed by atoms with Crippen molar-refractivity contribution in [2.75, 3.05) is 31.1 Å². The second-order valence-corrected chi connectivity index (χ2v) is 8.13. The van der Waals surface area contributed by atoms with Crippen molar-refractivity contribution >= 4 is 29.2 Å². The Morgan fingerprint density at radius 1 is 1.03 bits per heavy atom. The topological polar surface area (TPSA) is 116 Å². The number of morpholine rings is 1. The van der Waals surface area contributed by atoms with E-state index in [2.05, 4.69) is 37.3 Å². The van der Waals surface area contributed by atoms with Crippen molar-refractivity contribution in [3.63, 3.8) is 0 Å². The van der Waals surface area contributed by atoms with Gasteiger partial charge >= 0.3 is 24.3 Å². The van der Waals surface area contributed by atoms with E-state index in [0.717, 1.165) is 38.7 Å². The molecule has 0 bridgehead atoms. The van der Waals surface area contributed by atoms with Gasteiger partial charge in [-0.2, -0.15) is 26.3 Å².